The van der Waals surface area contributed by atoms with Crippen molar-refractivity contribution in [2.45, 2.75) is 43.2 Å². The fraction of sp³-hybridized carbons (Fsp3) is 0.545. The van der Waals surface area contributed by atoms with E-state index < -0.39 is 15.6 Å². The Kier molecular flexibility index (Phi) is 3.51. The number of nitriles is 1. The molecule has 0 amide bonds. The lowest BCUT2D eigenvalue weighted by atomic mass is 10.1. The van der Waals surface area contributed by atoms with Crippen LogP contribution in [0.1, 0.15) is 26.7 Å². The third kappa shape index (κ3) is 2.71. The molecule has 1 fully saturated rings. The Morgan fingerprint density at radius 1 is 1.42 bits per heavy atom. The molecule has 0 saturated heterocycles. The van der Waals surface area contributed by atoms with Gasteiger partial charge in [-0.1, -0.05) is 0 Å². The van der Waals surface area contributed by atoms with Gasteiger partial charge in [-0.3, -0.25) is 0 Å². The van der Waals surface area contributed by atoms with Gasteiger partial charge in [-0.15, -0.1) is 0 Å². The molecule has 0 aliphatic heterocycles. The summed E-state index contributed by atoms with van der Waals surface area (Å²) >= 11 is 5.55. The highest BCUT2D eigenvalue weighted by atomic mass is 35.5. The van der Waals surface area contributed by atoms with E-state index in [1.807, 2.05) is 6.07 Å². The van der Waals surface area contributed by atoms with E-state index in [2.05, 4.69) is 9.97 Å². The fourth-order valence-corrected chi connectivity index (χ4v) is 3.80. The highest BCUT2D eigenvalue weighted by molar-refractivity contribution is 7.89. The molecule has 1 aliphatic rings. The second-order valence-electron chi connectivity index (χ2n) is 4.89. The fourth-order valence-electron chi connectivity index (χ4n) is 1.86. The predicted molar refractivity (Wildman–Crippen MR) is 68.8 cm³/mol. The van der Waals surface area contributed by atoms with Gasteiger partial charge in [0.25, 0.3) is 0 Å². The molecule has 0 aromatic carbocycles. The molecule has 1 aliphatic carbocycles. The van der Waals surface area contributed by atoms with Crippen LogP contribution < -0.4 is 0 Å². The Balaban J connectivity index is 2.47. The van der Waals surface area contributed by atoms with Crippen molar-refractivity contribution in [2.24, 2.45) is 0 Å². The monoisotopic (exact) mass is 300 g/mol. The Morgan fingerprint density at radius 2 is 1.95 bits per heavy atom. The van der Waals surface area contributed by atoms with Crippen molar-refractivity contribution in [3.63, 3.8) is 0 Å². The maximum absolute atomic E-state index is 12.6. The molecule has 8 heteroatoms. The second kappa shape index (κ2) is 4.71. The van der Waals surface area contributed by atoms with Crippen LogP contribution in [0.5, 0.6) is 0 Å². The number of halogens is 1. The van der Waals surface area contributed by atoms with Crippen LogP contribution in [0.25, 0.3) is 0 Å². The summed E-state index contributed by atoms with van der Waals surface area (Å²) in [6.45, 7) is 3.17. The van der Waals surface area contributed by atoms with Crippen molar-refractivity contribution >= 4 is 21.6 Å². The van der Waals surface area contributed by atoms with Gasteiger partial charge < -0.3 is 0 Å². The van der Waals surface area contributed by atoms with E-state index in [0.29, 0.717) is 0 Å². The zero-order valence-electron chi connectivity index (χ0n) is 10.5. The minimum Gasteiger partial charge on any atom is -0.225 e. The quantitative estimate of drug-likeness (QED) is 0.788. The van der Waals surface area contributed by atoms with Crippen LogP contribution in [-0.2, 0) is 10.0 Å². The van der Waals surface area contributed by atoms with Crippen LogP contribution in [-0.4, -0.2) is 34.3 Å². The van der Waals surface area contributed by atoms with Gasteiger partial charge >= 0.3 is 0 Å². The largest absolute Gasteiger partial charge is 0.247 e. The molecule has 19 heavy (non-hydrogen) atoms. The molecular weight excluding hydrogens is 288 g/mol. The van der Waals surface area contributed by atoms with Gasteiger partial charge in [-0.25, -0.2) is 18.4 Å². The smallest absolute Gasteiger partial charge is 0.225 e. The number of nitrogens with zero attached hydrogens (tertiary/aromatic N) is 4. The summed E-state index contributed by atoms with van der Waals surface area (Å²) in [6, 6.07) is 1.90. The summed E-state index contributed by atoms with van der Waals surface area (Å²) in [6.07, 6.45) is 3.85. The van der Waals surface area contributed by atoms with Gasteiger partial charge in [0, 0.05) is 6.04 Å². The third-order valence-corrected chi connectivity index (χ3v) is 5.13. The summed E-state index contributed by atoms with van der Waals surface area (Å²) in [4.78, 5) is 7.31. The lowest BCUT2D eigenvalue weighted by Crippen LogP contribution is -2.48. The first-order chi connectivity index (χ1) is 8.79. The summed E-state index contributed by atoms with van der Waals surface area (Å²) in [5, 5.41) is 9.17. The molecule has 102 valence electrons. The average Bonchev–Trinajstić information content (AvgIpc) is 3.13. The van der Waals surface area contributed by atoms with Crippen LogP contribution in [0.4, 0.5) is 0 Å². The SMILES string of the molecule is CC(C)(C#N)N(C1CC1)S(=O)(=O)c1cnc(Cl)nc1. The predicted octanol–water partition coefficient (Wildman–Crippen LogP) is 1.59. The molecule has 1 heterocycles. The lowest BCUT2D eigenvalue weighted by Gasteiger charge is -2.31. The minimum absolute atomic E-state index is 0.0172. The first-order valence-corrected chi connectivity index (χ1v) is 7.54. The Labute approximate surface area is 117 Å². The molecule has 0 bridgehead atoms. The number of hydrogen-bond donors (Lipinski definition) is 0. The minimum atomic E-state index is -3.80. The van der Waals surface area contributed by atoms with E-state index in [-0.39, 0.29) is 16.2 Å². The molecule has 0 spiro atoms. The summed E-state index contributed by atoms with van der Waals surface area (Å²) in [5.74, 6) is 0. The van der Waals surface area contributed by atoms with E-state index in [1.165, 1.54) is 4.31 Å². The van der Waals surface area contributed by atoms with E-state index in [1.54, 1.807) is 13.8 Å². The topological polar surface area (TPSA) is 87.0 Å². The summed E-state index contributed by atoms with van der Waals surface area (Å²) in [7, 11) is -3.80. The molecular formula is C11H13ClN4O2S. The Hall–Kier alpha value is -1.23. The molecule has 0 radical (unpaired) electrons. The van der Waals surface area contributed by atoms with Crippen molar-refractivity contribution in [1.29, 1.82) is 5.26 Å². The number of rotatable bonds is 4. The Bertz CT molecular complexity index is 617. The molecule has 1 aromatic heterocycles. The zero-order valence-corrected chi connectivity index (χ0v) is 12.1. The zero-order chi connectivity index (χ0) is 14.3. The van der Waals surface area contributed by atoms with Crippen LogP contribution in [0.2, 0.25) is 5.28 Å². The standard InChI is InChI=1S/C11H13ClN4O2S/c1-11(2,7-13)16(8-3-4-8)19(17,18)9-5-14-10(12)15-6-9/h5-6,8H,3-4H2,1-2H3. The number of sulfonamides is 1. The summed E-state index contributed by atoms with van der Waals surface area (Å²) < 4.78 is 26.4. The van der Waals surface area contributed by atoms with E-state index in [9.17, 15) is 13.7 Å². The molecule has 1 saturated carbocycles. The molecule has 0 N–H and O–H groups in total. The van der Waals surface area contributed by atoms with E-state index in [4.69, 9.17) is 11.6 Å². The van der Waals surface area contributed by atoms with Crippen LogP contribution >= 0.6 is 11.6 Å². The van der Waals surface area contributed by atoms with Gasteiger partial charge in [0.15, 0.2) is 0 Å². The average molecular weight is 301 g/mol. The first-order valence-electron chi connectivity index (χ1n) is 5.72. The van der Waals surface area contributed by atoms with Gasteiger partial charge in [-0.05, 0) is 38.3 Å². The molecule has 1 aromatic rings. The van der Waals surface area contributed by atoms with Crippen LogP contribution in [0.15, 0.2) is 17.3 Å². The van der Waals surface area contributed by atoms with E-state index >= 15 is 0 Å². The highest BCUT2D eigenvalue weighted by Crippen LogP contribution is 2.37. The van der Waals surface area contributed by atoms with Crippen molar-refractivity contribution in [1.82, 2.24) is 14.3 Å². The molecule has 6 nitrogen and oxygen atoms in total. The van der Waals surface area contributed by atoms with Gasteiger partial charge in [-0.2, -0.15) is 9.57 Å². The van der Waals surface area contributed by atoms with Gasteiger partial charge in [0.05, 0.1) is 18.5 Å². The summed E-state index contributed by atoms with van der Waals surface area (Å²) in [5.41, 5.74) is -1.11. The van der Waals surface area contributed by atoms with Crippen molar-refractivity contribution < 1.29 is 8.42 Å². The van der Waals surface area contributed by atoms with Gasteiger partial charge in [0.2, 0.25) is 15.3 Å². The van der Waals surface area contributed by atoms with Crippen molar-refractivity contribution in [3.8, 4) is 6.07 Å². The van der Waals surface area contributed by atoms with E-state index in [0.717, 1.165) is 25.2 Å². The van der Waals surface area contributed by atoms with Crippen molar-refractivity contribution in [3.05, 3.63) is 17.7 Å². The lowest BCUT2D eigenvalue weighted by molar-refractivity contribution is 0.280. The first kappa shape index (κ1) is 14.2. The normalized spacial score (nSPS) is 16.4. The Morgan fingerprint density at radius 3 is 2.37 bits per heavy atom. The highest BCUT2D eigenvalue weighted by Gasteiger charge is 2.47. The second-order valence-corrected chi connectivity index (χ2v) is 7.04. The maximum Gasteiger partial charge on any atom is 0.247 e. The number of aromatic nitrogens is 2. The van der Waals surface area contributed by atoms with Crippen LogP contribution in [0, 0.1) is 11.3 Å². The van der Waals surface area contributed by atoms with Gasteiger partial charge in [0.1, 0.15) is 10.4 Å². The molecule has 2 rings (SSSR count). The maximum atomic E-state index is 12.6. The third-order valence-electron chi connectivity index (χ3n) is 2.86. The van der Waals surface area contributed by atoms with Crippen LogP contribution in [0.3, 0.4) is 0 Å². The number of hydrogen-bond acceptors (Lipinski definition) is 5. The molecule has 0 atom stereocenters. The van der Waals surface area contributed by atoms with Crippen molar-refractivity contribution in [2.75, 3.05) is 0 Å². The molecule has 0 unspecified atom stereocenters.